The molecule has 0 radical (unpaired) electrons. The van der Waals surface area contributed by atoms with Gasteiger partial charge in [0.2, 0.25) is 5.95 Å². The predicted octanol–water partition coefficient (Wildman–Crippen LogP) is 3.93. The molecule has 8 heteroatoms. The Labute approximate surface area is 179 Å². The summed E-state index contributed by atoms with van der Waals surface area (Å²) in [5.41, 5.74) is 3.78. The average Bonchev–Trinajstić information content (AvgIpc) is 3.08. The van der Waals surface area contributed by atoms with Gasteiger partial charge in [-0.3, -0.25) is 9.78 Å². The molecule has 0 spiro atoms. The molecule has 0 aliphatic carbocycles. The minimum absolute atomic E-state index is 0.278. The molecule has 0 aliphatic heterocycles. The number of fused-ring (bicyclic) bond motifs is 1. The maximum atomic E-state index is 11.8. The van der Waals surface area contributed by atoms with Crippen LogP contribution in [0, 0.1) is 11.3 Å². The third-order valence-electron chi connectivity index (χ3n) is 4.75. The van der Waals surface area contributed by atoms with E-state index in [2.05, 4.69) is 26.7 Å². The van der Waals surface area contributed by atoms with Gasteiger partial charge in [-0.1, -0.05) is 12.1 Å². The van der Waals surface area contributed by atoms with Gasteiger partial charge < -0.3 is 19.9 Å². The normalized spacial score (nSPS) is 10.5. The summed E-state index contributed by atoms with van der Waals surface area (Å²) in [6.45, 7) is 0. The van der Waals surface area contributed by atoms with E-state index in [-0.39, 0.29) is 11.6 Å². The number of nitrogens with zero attached hydrogens (tertiary/aromatic N) is 4. The molecule has 31 heavy (non-hydrogen) atoms. The van der Waals surface area contributed by atoms with Crippen LogP contribution in [0.4, 0.5) is 11.6 Å². The van der Waals surface area contributed by atoms with Crippen LogP contribution in [-0.4, -0.2) is 27.5 Å². The molecule has 4 rings (SSSR count). The molecule has 1 amide bonds. The smallest absolute Gasteiger partial charge is 0.269 e. The number of hydrogen-bond donors (Lipinski definition) is 2. The number of rotatable bonds is 6. The predicted molar refractivity (Wildman–Crippen MR) is 117 cm³/mol. The van der Waals surface area contributed by atoms with Gasteiger partial charge in [-0.15, -0.1) is 0 Å². The average molecular weight is 412 g/mol. The minimum atomic E-state index is -0.278. The van der Waals surface area contributed by atoms with E-state index in [0.29, 0.717) is 23.9 Å². The molecule has 2 heterocycles. The molecule has 0 aliphatic rings. The van der Waals surface area contributed by atoms with Gasteiger partial charge in [0.25, 0.3) is 5.91 Å². The third-order valence-corrected chi connectivity index (χ3v) is 4.75. The number of imidazole rings is 1. The van der Waals surface area contributed by atoms with Crippen LogP contribution in [0.5, 0.6) is 11.5 Å². The maximum absolute atomic E-state index is 11.8. The van der Waals surface area contributed by atoms with E-state index in [1.807, 2.05) is 54.1 Å². The fourth-order valence-corrected chi connectivity index (χ4v) is 3.20. The topological polar surface area (TPSA) is 105 Å². The molecule has 0 saturated carbocycles. The van der Waals surface area contributed by atoms with Crippen LogP contribution >= 0.6 is 0 Å². The van der Waals surface area contributed by atoms with E-state index in [0.717, 1.165) is 22.3 Å². The van der Waals surface area contributed by atoms with Crippen LogP contribution in [0.3, 0.4) is 0 Å². The van der Waals surface area contributed by atoms with Gasteiger partial charge in [0.15, 0.2) is 0 Å². The number of amides is 1. The second kappa shape index (κ2) is 8.55. The Morgan fingerprint density at radius 1 is 1.16 bits per heavy atom. The molecule has 0 atom stereocenters. The summed E-state index contributed by atoms with van der Waals surface area (Å²) < 4.78 is 7.86. The van der Waals surface area contributed by atoms with Crippen LogP contribution in [0.2, 0.25) is 0 Å². The van der Waals surface area contributed by atoms with Gasteiger partial charge in [0.1, 0.15) is 17.2 Å². The number of hydrogen-bond acceptors (Lipinski definition) is 6. The Hall–Kier alpha value is -4.38. The lowest BCUT2D eigenvalue weighted by atomic mass is 10.1. The highest BCUT2D eigenvalue weighted by Gasteiger charge is 2.11. The largest absolute Gasteiger partial charge is 0.457 e. The SMILES string of the molecule is CNC(=O)c1cc(Oc2ccc3c(c2)nc(Nc2cccc(CC#N)c2)n3C)ccn1. The summed E-state index contributed by atoms with van der Waals surface area (Å²) >= 11 is 0. The molecule has 0 fully saturated rings. The van der Waals surface area contributed by atoms with Crippen LogP contribution in [0.15, 0.2) is 60.8 Å². The number of carbonyl (C=O) groups is 1. The summed E-state index contributed by atoms with van der Waals surface area (Å²) in [6.07, 6.45) is 1.89. The minimum Gasteiger partial charge on any atom is -0.457 e. The van der Waals surface area contributed by atoms with E-state index in [4.69, 9.17) is 10.00 Å². The Morgan fingerprint density at radius 3 is 2.81 bits per heavy atom. The first-order valence-electron chi connectivity index (χ1n) is 9.63. The van der Waals surface area contributed by atoms with E-state index < -0.39 is 0 Å². The second-order valence-electron chi connectivity index (χ2n) is 6.86. The summed E-state index contributed by atoms with van der Waals surface area (Å²) in [5.74, 6) is 1.51. The lowest BCUT2D eigenvalue weighted by Crippen LogP contribution is -2.18. The summed E-state index contributed by atoms with van der Waals surface area (Å²) in [7, 11) is 3.48. The van der Waals surface area contributed by atoms with Gasteiger partial charge in [-0.05, 0) is 35.9 Å². The van der Waals surface area contributed by atoms with Crippen molar-refractivity contribution in [2.24, 2.45) is 7.05 Å². The zero-order chi connectivity index (χ0) is 21.8. The molecule has 2 N–H and O–H groups in total. The number of aromatic nitrogens is 3. The molecular formula is C23H20N6O2. The Balaban J connectivity index is 1.59. The molecular weight excluding hydrogens is 392 g/mol. The maximum Gasteiger partial charge on any atom is 0.269 e. The first-order valence-corrected chi connectivity index (χ1v) is 9.63. The standard InChI is InChI=1S/C23H20N6O2/c1-25-22(30)20-14-18(9-11-26-20)31-17-6-7-21-19(13-17)28-23(29(21)2)27-16-5-3-4-15(12-16)8-10-24/h3-7,9,11-14H,8H2,1-2H3,(H,25,30)(H,27,28). The number of nitrogens with one attached hydrogen (secondary N) is 2. The third kappa shape index (κ3) is 4.31. The van der Waals surface area contributed by atoms with E-state index in [1.54, 1.807) is 19.2 Å². The van der Waals surface area contributed by atoms with Gasteiger partial charge in [-0.2, -0.15) is 5.26 Å². The van der Waals surface area contributed by atoms with Crippen LogP contribution in [0.25, 0.3) is 11.0 Å². The number of pyridine rings is 1. The van der Waals surface area contributed by atoms with Crippen molar-refractivity contribution >= 4 is 28.6 Å². The van der Waals surface area contributed by atoms with Crippen molar-refractivity contribution in [2.75, 3.05) is 12.4 Å². The quantitative estimate of drug-likeness (QED) is 0.497. The number of aryl methyl sites for hydroxylation is 1. The number of carbonyl (C=O) groups excluding carboxylic acids is 1. The first kappa shape index (κ1) is 19.9. The molecule has 2 aromatic carbocycles. The Morgan fingerprint density at radius 2 is 2.00 bits per heavy atom. The zero-order valence-corrected chi connectivity index (χ0v) is 17.1. The van der Waals surface area contributed by atoms with Crippen molar-refractivity contribution in [3.63, 3.8) is 0 Å². The lowest BCUT2D eigenvalue weighted by molar-refractivity contribution is 0.0958. The number of anilines is 2. The zero-order valence-electron chi connectivity index (χ0n) is 17.1. The van der Waals surface area contributed by atoms with Crippen molar-refractivity contribution in [2.45, 2.75) is 6.42 Å². The van der Waals surface area contributed by atoms with Gasteiger partial charge in [0, 0.05) is 38.1 Å². The molecule has 8 nitrogen and oxygen atoms in total. The Bertz CT molecular complexity index is 1310. The van der Waals surface area contributed by atoms with E-state index in [1.165, 1.54) is 6.20 Å². The molecule has 0 saturated heterocycles. The first-order chi connectivity index (χ1) is 15.1. The second-order valence-corrected chi connectivity index (χ2v) is 6.86. The number of nitriles is 1. The molecule has 154 valence electrons. The summed E-state index contributed by atoms with van der Waals surface area (Å²) in [5, 5.41) is 14.8. The summed E-state index contributed by atoms with van der Waals surface area (Å²) in [4.78, 5) is 20.5. The highest BCUT2D eigenvalue weighted by Crippen LogP contribution is 2.28. The molecule has 4 aromatic rings. The van der Waals surface area contributed by atoms with Crippen molar-refractivity contribution < 1.29 is 9.53 Å². The van der Waals surface area contributed by atoms with E-state index in [9.17, 15) is 4.79 Å². The van der Waals surface area contributed by atoms with Crippen LogP contribution in [-0.2, 0) is 13.5 Å². The molecule has 0 bridgehead atoms. The Kier molecular flexibility index (Phi) is 5.49. The lowest BCUT2D eigenvalue weighted by Gasteiger charge is -2.07. The van der Waals surface area contributed by atoms with Gasteiger partial charge >= 0.3 is 0 Å². The molecule has 2 aromatic heterocycles. The fraction of sp³-hybridized carbons (Fsp3) is 0.130. The summed E-state index contributed by atoms with van der Waals surface area (Å²) in [6, 6.07) is 18.7. The number of ether oxygens (including phenoxy) is 1. The van der Waals surface area contributed by atoms with Gasteiger partial charge in [-0.25, -0.2) is 4.98 Å². The van der Waals surface area contributed by atoms with Crippen molar-refractivity contribution in [3.8, 4) is 17.6 Å². The molecule has 0 unspecified atom stereocenters. The number of benzene rings is 2. The highest BCUT2D eigenvalue weighted by molar-refractivity contribution is 5.92. The van der Waals surface area contributed by atoms with Crippen molar-refractivity contribution in [1.82, 2.24) is 19.9 Å². The van der Waals surface area contributed by atoms with E-state index >= 15 is 0 Å². The van der Waals surface area contributed by atoms with Crippen LogP contribution < -0.4 is 15.4 Å². The monoisotopic (exact) mass is 412 g/mol. The highest BCUT2D eigenvalue weighted by atomic mass is 16.5. The van der Waals surface area contributed by atoms with Gasteiger partial charge in [0.05, 0.1) is 23.5 Å². The van der Waals surface area contributed by atoms with Crippen molar-refractivity contribution in [1.29, 1.82) is 5.26 Å². The fourth-order valence-electron chi connectivity index (χ4n) is 3.20. The van der Waals surface area contributed by atoms with Crippen LogP contribution in [0.1, 0.15) is 16.1 Å². The van der Waals surface area contributed by atoms with Crippen molar-refractivity contribution in [3.05, 3.63) is 72.1 Å².